The summed E-state index contributed by atoms with van der Waals surface area (Å²) in [5.41, 5.74) is 0.872. The van der Waals surface area contributed by atoms with E-state index in [1.54, 1.807) is 6.20 Å². The molecule has 4 aromatic rings. The van der Waals surface area contributed by atoms with Crippen LogP contribution in [0.15, 0.2) is 24.5 Å². The van der Waals surface area contributed by atoms with Crippen molar-refractivity contribution in [1.82, 2.24) is 24.5 Å². The van der Waals surface area contributed by atoms with Crippen LogP contribution in [-0.4, -0.2) is 74.1 Å². The summed E-state index contributed by atoms with van der Waals surface area (Å²) in [6.07, 6.45) is 8.28. The monoisotopic (exact) mass is 606 g/mol. The highest BCUT2D eigenvalue weighted by atomic mass is 19.1. The summed E-state index contributed by atoms with van der Waals surface area (Å²) in [5.74, 6) is -0.832. The van der Waals surface area contributed by atoms with Crippen LogP contribution < -0.4 is 9.64 Å². The van der Waals surface area contributed by atoms with Crippen molar-refractivity contribution in [3.8, 4) is 22.9 Å². The molecule has 0 radical (unpaired) electrons. The van der Waals surface area contributed by atoms with Gasteiger partial charge in [-0.15, -0.1) is 0 Å². The Kier molecular flexibility index (Phi) is 6.31. The summed E-state index contributed by atoms with van der Waals surface area (Å²) in [7, 11) is 0. The van der Waals surface area contributed by atoms with Crippen LogP contribution in [0.4, 0.5) is 19.0 Å². The zero-order valence-corrected chi connectivity index (χ0v) is 25.1. The van der Waals surface area contributed by atoms with Gasteiger partial charge in [0.25, 0.3) is 0 Å². The number of aromatic hydroxyl groups is 1. The van der Waals surface area contributed by atoms with Crippen molar-refractivity contribution in [3.63, 3.8) is 0 Å². The van der Waals surface area contributed by atoms with Crippen LogP contribution in [0.1, 0.15) is 57.9 Å². The van der Waals surface area contributed by atoms with Crippen LogP contribution in [-0.2, 0) is 6.42 Å². The molecule has 0 amide bonds. The van der Waals surface area contributed by atoms with Gasteiger partial charge in [-0.2, -0.15) is 15.1 Å². The van der Waals surface area contributed by atoms with Crippen LogP contribution in [0.25, 0.3) is 27.5 Å². The standard InChI is InChI=1S/C33H37F3N6O2/c1-3-20-13-37-42-16-22(43)9-23(29(20)42)26-25(35)10-24-28(27(26)36)38-31(44-18-33-6-4-8-41(33)15-21(34)12-33)39-30(24)40-14-19-5-7-32(2,11-19)17-40/h9-10,13,16,19,21,43H,3-8,11-12,14-15,17-18H2,1-2H3/t19?,21-,32-,33+/m1/s1. The number of hydrogen-bond donors (Lipinski definition) is 1. The van der Waals surface area contributed by atoms with Crippen molar-refractivity contribution >= 4 is 22.2 Å². The zero-order valence-electron chi connectivity index (χ0n) is 25.1. The Balaban J connectivity index is 1.29. The summed E-state index contributed by atoms with van der Waals surface area (Å²) >= 11 is 0. The van der Waals surface area contributed by atoms with Crippen LogP contribution in [0, 0.1) is 23.0 Å². The minimum absolute atomic E-state index is 0.00946. The van der Waals surface area contributed by atoms with Gasteiger partial charge in [0.05, 0.1) is 29.0 Å². The number of halogens is 3. The smallest absolute Gasteiger partial charge is 0.319 e. The third kappa shape index (κ3) is 4.33. The second-order valence-corrected chi connectivity index (χ2v) is 13.9. The maximum atomic E-state index is 16.8. The Morgan fingerprint density at radius 3 is 2.82 bits per heavy atom. The average Bonchev–Trinajstić information content (AvgIpc) is 3.72. The van der Waals surface area contributed by atoms with E-state index in [0.29, 0.717) is 36.6 Å². The first-order valence-corrected chi connectivity index (χ1v) is 15.8. The topological polar surface area (TPSA) is 79.0 Å². The fourth-order valence-corrected chi connectivity index (χ4v) is 8.73. The molecule has 2 bridgehead atoms. The molecule has 44 heavy (non-hydrogen) atoms. The lowest BCUT2D eigenvalue weighted by Gasteiger charge is -2.39. The number of pyridine rings is 1. The predicted octanol–water partition coefficient (Wildman–Crippen LogP) is 6.07. The fourth-order valence-electron chi connectivity index (χ4n) is 8.73. The van der Waals surface area contributed by atoms with E-state index in [1.165, 1.54) is 22.8 Å². The third-order valence-corrected chi connectivity index (χ3v) is 10.7. The van der Waals surface area contributed by atoms with Crippen molar-refractivity contribution in [3.05, 3.63) is 41.7 Å². The lowest BCUT2D eigenvalue weighted by molar-refractivity contribution is 0.107. The van der Waals surface area contributed by atoms with Gasteiger partial charge >= 0.3 is 6.01 Å². The minimum Gasteiger partial charge on any atom is -0.506 e. The Morgan fingerprint density at radius 1 is 1.14 bits per heavy atom. The van der Waals surface area contributed by atoms with E-state index in [9.17, 15) is 9.50 Å². The number of ether oxygens (including phenoxy) is 1. The molecule has 1 unspecified atom stereocenters. The number of nitrogens with zero attached hydrogens (tertiary/aromatic N) is 6. The molecule has 1 N–H and O–H groups in total. The minimum atomic E-state index is -0.907. The van der Waals surface area contributed by atoms with Gasteiger partial charge in [-0.25, -0.2) is 17.7 Å². The van der Waals surface area contributed by atoms with Crippen molar-refractivity contribution < 1.29 is 23.0 Å². The van der Waals surface area contributed by atoms with Gasteiger partial charge in [0.15, 0.2) is 5.82 Å². The summed E-state index contributed by atoms with van der Waals surface area (Å²) in [6.45, 7) is 7.11. The number of rotatable bonds is 6. The number of aryl methyl sites for hydroxylation is 1. The molecule has 6 heterocycles. The molecule has 8 nitrogen and oxygen atoms in total. The SMILES string of the molecule is CCc1cnn2cc(O)cc(-c3c(F)cc4c(N5CC6CC[C@](C)(C6)C5)nc(OC[C@@]56CCCN5C[C@H](F)C6)nc4c3F)c12. The highest BCUT2D eigenvalue weighted by Crippen LogP contribution is 2.48. The van der Waals surface area contributed by atoms with E-state index in [-0.39, 0.29) is 45.8 Å². The molecular weight excluding hydrogens is 569 g/mol. The van der Waals surface area contributed by atoms with Gasteiger partial charge in [-0.3, -0.25) is 4.90 Å². The molecule has 1 aliphatic carbocycles. The van der Waals surface area contributed by atoms with Crippen LogP contribution in [0.5, 0.6) is 11.8 Å². The highest BCUT2D eigenvalue weighted by molar-refractivity contribution is 5.96. The second-order valence-electron chi connectivity index (χ2n) is 13.9. The maximum Gasteiger partial charge on any atom is 0.319 e. The first-order chi connectivity index (χ1) is 21.1. The number of alkyl halides is 1. The van der Waals surface area contributed by atoms with E-state index in [4.69, 9.17) is 9.72 Å². The molecule has 1 saturated carbocycles. The average molecular weight is 607 g/mol. The van der Waals surface area contributed by atoms with Gasteiger partial charge in [0, 0.05) is 37.0 Å². The molecule has 4 fully saturated rings. The van der Waals surface area contributed by atoms with Gasteiger partial charge in [-0.1, -0.05) is 13.8 Å². The van der Waals surface area contributed by atoms with Gasteiger partial charge < -0.3 is 14.7 Å². The second kappa shape index (κ2) is 9.95. The van der Waals surface area contributed by atoms with Crippen molar-refractivity contribution in [2.24, 2.45) is 11.3 Å². The summed E-state index contributed by atoms with van der Waals surface area (Å²) in [5, 5.41) is 15.0. The van der Waals surface area contributed by atoms with E-state index in [0.717, 1.165) is 57.3 Å². The molecule has 4 atom stereocenters. The van der Waals surface area contributed by atoms with Crippen molar-refractivity contribution in [2.75, 3.05) is 37.7 Å². The Bertz CT molecular complexity index is 1800. The lowest BCUT2D eigenvalue weighted by atomic mass is 9.84. The first kappa shape index (κ1) is 27.9. The normalized spacial score (nSPS) is 28.4. The van der Waals surface area contributed by atoms with E-state index in [1.807, 2.05) is 6.92 Å². The summed E-state index contributed by atoms with van der Waals surface area (Å²) in [4.78, 5) is 13.7. The lowest BCUT2D eigenvalue weighted by Crippen LogP contribution is -2.44. The Labute approximate surface area is 253 Å². The zero-order chi connectivity index (χ0) is 30.4. The largest absolute Gasteiger partial charge is 0.506 e. The molecule has 4 aliphatic rings. The van der Waals surface area contributed by atoms with Gasteiger partial charge in [0.1, 0.15) is 35.7 Å². The van der Waals surface area contributed by atoms with Crippen LogP contribution in [0.2, 0.25) is 0 Å². The summed E-state index contributed by atoms with van der Waals surface area (Å²) in [6, 6.07) is 2.69. The molecule has 0 spiro atoms. The number of hydrogen-bond acceptors (Lipinski definition) is 7. The fraction of sp³-hybridized carbons (Fsp3) is 0.545. The van der Waals surface area contributed by atoms with Crippen LogP contribution >= 0.6 is 0 Å². The van der Waals surface area contributed by atoms with Gasteiger partial charge in [-0.05, 0) is 74.1 Å². The molecule has 8 rings (SSSR count). The third-order valence-electron chi connectivity index (χ3n) is 10.7. The maximum absolute atomic E-state index is 16.8. The van der Waals surface area contributed by atoms with Crippen molar-refractivity contribution in [2.45, 2.75) is 70.5 Å². The molecule has 11 heteroatoms. The molecule has 3 saturated heterocycles. The number of anilines is 1. The van der Waals surface area contributed by atoms with E-state index >= 15 is 8.78 Å². The number of aromatic nitrogens is 4. The predicted molar refractivity (Wildman–Crippen MR) is 161 cm³/mol. The number of fused-ring (bicyclic) bond motifs is 5. The molecule has 1 aromatic carbocycles. The highest BCUT2D eigenvalue weighted by Gasteiger charge is 2.49. The van der Waals surface area contributed by atoms with Gasteiger partial charge in [0.2, 0.25) is 0 Å². The first-order valence-electron chi connectivity index (χ1n) is 15.8. The van der Waals surface area contributed by atoms with E-state index in [2.05, 4.69) is 26.8 Å². The quantitative estimate of drug-likeness (QED) is 0.285. The Hall–Kier alpha value is -3.60. The number of piperidine rings is 1. The molecule has 3 aliphatic heterocycles. The number of benzene rings is 1. The van der Waals surface area contributed by atoms with Crippen LogP contribution in [0.3, 0.4) is 0 Å². The summed E-state index contributed by atoms with van der Waals surface area (Å²) < 4.78 is 55.2. The van der Waals surface area contributed by atoms with Crippen molar-refractivity contribution in [1.29, 1.82) is 0 Å². The molecule has 3 aromatic heterocycles. The molecule has 232 valence electrons. The Morgan fingerprint density at radius 2 is 2.00 bits per heavy atom. The van der Waals surface area contributed by atoms with E-state index < -0.39 is 23.3 Å². The molecular formula is C33H37F3N6O2.